The summed E-state index contributed by atoms with van der Waals surface area (Å²) in [7, 11) is 0. The number of benzene rings is 1. The molecule has 0 fully saturated rings. The van der Waals surface area contributed by atoms with Gasteiger partial charge in [-0.15, -0.1) is 0 Å². The number of nitrogens with one attached hydrogen (secondary N) is 2. The van der Waals surface area contributed by atoms with E-state index in [0.29, 0.717) is 35.6 Å². The third-order valence-corrected chi connectivity index (χ3v) is 5.65. The average molecular weight is 476 g/mol. The Hall–Kier alpha value is -4.54. The van der Waals surface area contributed by atoms with Crippen molar-refractivity contribution in [3.63, 3.8) is 0 Å². The Balaban J connectivity index is 1.32. The van der Waals surface area contributed by atoms with Crippen molar-refractivity contribution in [2.75, 3.05) is 24.5 Å². The van der Waals surface area contributed by atoms with Crippen molar-refractivity contribution in [3.05, 3.63) is 60.7 Å². The maximum absolute atomic E-state index is 14.7. The van der Waals surface area contributed by atoms with E-state index in [0.717, 1.165) is 18.2 Å². The van der Waals surface area contributed by atoms with Crippen LogP contribution in [0.4, 0.5) is 10.2 Å². The van der Waals surface area contributed by atoms with Crippen LogP contribution in [0.1, 0.15) is 23.7 Å². The number of carbonyl (C=O) groups excluding carboxylic acids is 2. The number of nitrogens with zero attached hydrogens (tertiary/aromatic N) is 4. The number of aromatic nitrogens is 4. The molecular formula is C24H21FN6O4. The number of Topliss-reactive ketones (excluding diaryl/α,β-unsaturated/α-hetero) is 1. The first-order chi connectivity index (χ1) is 17.1. The third kappa shape index (κ3) is 4.12. The molecule has 0 aliphatic carbocycles. The molecule has 5 aromatic rings. The quantitative estimate of drug-likeness (QED) is 0.243. The van der Waals surface area contributed by atoms with Crippen LogP contribution in [0.3, 0.4) is 0 Å². The first kappa shape index (κ1) is 22.3. The highest BCUT2D eigenvalue weighted by atomic mass is 19.1. The number of fused-ring (bicyclic) bond motifs is 2. The highest BCUT2D eigenvalue weighted by molar-refractivity contribution is 6.45. The number of hydrogen-bond donors (Lipinski definition) is 2. The van der Waals surface area contributed by atoms with E-state index in [1.54, 1.807) is 12.5 Å². The number of ketones is 1. The van der Waals surface area contributed by atoms with E-state index in [2.05, 4.69) is 25.4 Å². The van der Waals surface area contributed by atoms with Crippen molar-refractivity contribution < 1.29 is 22.9 Å². The zero-order valence-electron chi connectivity index (χ0n) is 18.7. The lowest BCUT2D eigenvalue weighted by Crippen LogP contribution is -2.38. The Kier molecular flexibility index (Phi) is 5.96. The van der Waals surface area contributed by atoms with Crippen LogP contribution in [-0.2, 0) is 4.79 Å². The highest BCUT2D eigenvalue weighted by Gasteiger charge is 2.24. The molecule has 0 aliphatic rings. The minimum Gasteiger partial charge on any atom is -0.460 e. The molecule has 35 heavy (non-hydrogen) atoms. The van der Waals surface area contributed by atoms with Crippen LogP contribution in [0.25, 0.3) is 33.3 Å². The Labute approximate surface area is 198 Å². The van der Waals surface area contributed by atoms with Gasteiger partial charge in [0.2, 0.25) is 12.2 Å². The van der Waals surface area contributed by atoms with Crippen molar-refractivity contribution in [3.8, 4) is 11.4 Å². The number of H-pyrrole nitrogens is 1. The van der Waals surface area contributed by atoms with Gasteiger partial charge in [-0.3, -0.25) is 9.59 Å². The largest absolute Gasteiger partial charge is 0.460 e. The van der Waals surface area contributed by atoms with Gasteiger partial charge >= 0.3 is 0 Å². The lowest BCUT2D eigenvalue weighted by atomic mass is 10.0. The van der Waals surface area contributed by atoms with Crippen molar-refractivity contribution >= 4 is 39.4 Å². The lowest BCUT2D eigenvalue weighted by molar-refractivity contribution is -0.116. The molecule has 0 saturated carbocycles. The minimum absolute atomic E-state index is 0.00578. The molecule has 0 unspecified atom stereocenters. The summed E-state index contributed by atoms with van der Waals surface area (Å²) in [5, 5.41) is 7.31. The molecule has 178 valence electrons. The maximum atomic E-state index is 14.7. The molecule has 0 spiro atoms. The van der Waals surface area contributed by atoms with E-state index >= 15 is 0 Å². The van der Waals surface area contributed by atoms with Gasteiger partial charge in [0.05, 0.1) is 17.3 Å². The SMILES string of the molecule is CCCN(CCNC(=O)C(=O)c1c[nH]c2c(-c3ncon3)ccc(F)c12)c1nccc2ccoc12. The molecular weight excluding hydrogens is 455 g/mol. The third-order valence-electron chi connectivity index (χ3n) is 5.65. The van der Waals surface area contributed by atoms with Gasteiger partial charge in [-0.1, -0.05) is 12.1 Å². The predicted molar refractivity (Wildman–Crippen MR) is 125 cm³/mol. The summed E-state index contributed by atoms with van der Waals surface area (Å²) in [6.45, 7) is 3.31. The minimum atomic E-state index is -0.853. The van der Waals surface area contributed by atoms with Crippen molar-refractivity contribution in [1.29, 1.82) is 0 Å². The number of hydrogen-bond acceptors (Lipinski definition) is 8. The average Bonchev–Trinajstić information content (AvgIpc) is 3.64. The van der Waals surface area contributed by atoms with Crippen LogP contribution < -0.4 is 10.2 Å². The maximum Gasteiger partial charge on any atom is 0.292 e. The van der Waals surface area contributed by atoms with Crippen LogP contribution in [-0.4, -0.2) is 51.4 Å². The van der Waals surface area contributed by atoms with E-state index in [1.807, 2.05) is 24.0 Å². The fourth-order valence-corrected chi connectivity index (χ4v) is 4.07. The zero-order valence-corrected chi connectivity index (χ0v) is 18.7. The van der Waals surface area contributed by atoms with Crippen LogP contribution in [0.2, 0.25) is 0 Å². The van der Waals surface area contributed by atoms with Crippen LogP contribution in [0.15, 0.2) is 58.3 Å². The van der Waals surface area contributed by atoms with E-state index < -0.39 is 17.5 Å². The molecule has 0 atom stereocenters. The molecule has 0 radical (unpaired) electrons. The Morgan fingerprint density at radius 3 is 2.86 bits per heavy atom. The van der Waals surface area contributed by atoms with Gasteiger partial charge in [0.15, 0.2) is 11.4 Å². The molecule has 2 N–H and O–H groups in total. The molecule has 4 heterocycles. The van der Waals surface area contributed by atoms with E-state index in [-0.39, 0.29) is 23.3 Å². The van der Waals surface area contributed by atoms with Crippen molar-refractivity contribution in [2.24, 2.45) is 0 Å². The number of aromatic amines is 1. The first-order valence-electron chi connectivity index (χ1n) is 11.0. The molecule has 1 amide bonds. The van der Waals surface area contributed by atoms with Gasteiger partial charge < -0.3 is 24.1 Å². The Morgan fingerprint density at radius 1 is 1.17 bits per heavy atom. The molecule has 0 aliphatic heterocycles. The normalized spacial score (nSPS) is 11.3. The van der Waals surface area contributed by atoms with Crippen LogP contribution in [0.5, 0.6) is 0 Å². The Morgan fingerprint density at radius 2 is 2.06 bits per heavy atom. The second kappa shape index (κ2) is 9.37. The number of anilines is 1. The van der Waals surface area contributed by atoms with Gasteiger partial charge in [0.1, 0.15) is 5.82 Å². The Bertz CT molecular complexity index is 1510. The summed E-state index contributed by atoms with van der Waals surface area (Å²) in [6.07, 6.45) is 6.61. The standard InChI is InChI=1S/C24H21FN6O4/c1-2-9-31(23-21-14(5-7-26-23)6-11-34-21)10-8-27-24(33)20(32)16-12-28-19-15(22-29-13-35-30-22)3-4-17(25)18(16)19/h3-7,11-13,28H,2,8-10H2,1H3,(H,27,33). The highest BCUT2D eigenvalue weighted by Crippen LogP contribution is 2.30. The van der Waals surface area contributed by atoms with Crippen molar-refractivity contribution in [1.82, 2.24) is 25.4 Å². The molecule has 0 saturated heterocycles. The second-order valence-electron chi connectivity index (χ2n) is 7.85. The van der Waals surface area contributed by atoms with Gasteiger partial charge in [-0.05, 0) is 30.7 Å². The molecule has 1 aromatic carbocycles. The van der Waals surface area contributed by atoms with E-state index in [9.17, 15) is 14.0 Å². The van der Waals surface area contributed by atoms with Gasteiger partial charge in [-0.2, -0.15) is 4.98 Å². The molecule has 11 heteroatoms. The summed E-state index contributed by atoms with van der Waals surface area (Å²) in [5.74, 6) is -1.43. The molecule has 10 nitrogen and oxygen atoms in total. The van der Waals surface area contributed by atoms with Gasteiger partial charge in [-0.25, -0.2) is 9.37 Å². The second-order valence-corrected chi connectivity index (χ2v) is 7.85. The van der Waals surface area contributed by atoms with E-state index in [4.69, 9.17) is 8.94 Å². The summed E-state index contributed by atoms with van der Waals surface area (Å²) in [6, 6.07) is 6.39. The number of pyridine rings is 1. The van der Waals surface area contributed by atoms with Crippen LogP contribution in [0, 0.1) is 5.82 Å². The monoisotopic (exact) mass is 476 g/mol. The molecule has 5 rings (SSSR count). The first-order valence-corrected chi connectivity index (χ1v) is 11.0. The van der Waals surface area contributed by atoms with Crippen molar-refractivity contribution in [2.45, 2.75) is 13.3 Å². The fourth-order valence-electron chi connectivity index (χ4n) is 4.07. The van der Waals surface area contributed by atoms with Gasteiger partial charge in [0, 0.05) is 48.4 Å². The summed E-state index contributed by atoms with van der Waals surface area (Å²) in [5.41, 5.74) is 1.33. The number of furan rings is 1. The van der Waals surface area contributed by atoms with Gasteiger partial charge in [0.25, 0.3) is 11.7 Å². The fraction of sp³-hybridized carbons (Fsp3) is 0.208. The summed E-state index contributed by atoms with van der Waals surface area (Å²) < 4.78 is 25.0. The smallest absolute Gasteiger partial charge is 0.292 e. The van der Waals surface area contributed by atoms with Crippen LogP contribution >= 0.6 is 0 Å². The summed E-state index contributed by atoms with van der Waals surface area (Å²) >= 11 is 0. The summed E-state index contributed by atoms with van der Waals surface area (Å²) in [4.78, 5) is 38.8. The number of amides is 1. The zero-order chi connectivity index (χ0) is 24.4. The number of halogens is 1. The predicted octanol–water partition coefficient (Wildman–Crippen LogP) is 3.71. The number of rotatable bonds is 9. The van der Waals surface area contributed by atoms with E-state index in [1.165, 1.54) is 18.3 Å². The molecule has 4 aromatic heterocycles. The topological polar surface area (TPSA) is 130 Å². The molecule has 0 bridgehead atoms. The number of carbonyl (C=O) groups is 2. The lowest BCUT2D eigenvalue weighted by Gasteiger charge is -2.23.